The molecular weight excluding hydrogens is 321 g/mol. The zero-order chi connectivity index (χ0) is 15.0. The number of hydrogen-bond acceptors (Lipinski definition) is 3. The summed E-state index contributed by atoms with van der Waals surface area (Å²) in [5, 5.41) is 3.35. The van der Waals surface area contributed by atoms with Crippen molar-refractivity contribution in [1.29, 1.82) is 0 Å². The van der Waals surface area contributed by atoms with E-state index in [4.69, 9.17) is 0 Å². The molecule has 0 radical (unpaired) electrons. The molecule has 0 spiro atoms. The van der Waals surface area contributed by atoms with Gasteiger partial charge in [-0.1, -0.05) is 27.7 Å². The highest BCUT2D eigenvalue weighted by Gasteiger charge is 2.26. The lowest BCUT2D eigenvalue weighted by atomic mass is 9.97. The monoisotopic (exact) mass is 355 g/mol. The Morgan fingerprint density at radius 3 is 2.27 bits per heavy atom. The molecule has 1 unspecified atom stereocenters. The van der Waals surface area contributed by atoms with Gasteiger partial charge in [0.15, 0.2) is 0 Å². The number of carbonyl (C=O) groups excluding carboxylic acids is 1. The number of rotatable bonds is 8. The molecule has 0 saturated carbocycles. The number of piperidine rings is 1. The molecule has 1 atom stereocenters. The summed E-state index contributed by atoms with van der Waals surface area (Å²) in [6.07, 6.45) is 2.17. The van der Waals surface area contributed by atoms with Crippen molar-refractivity contribution in [3.63, 3.8) is 0 Å². The van der Waals surface area contributed by atoms with E-state index >= 15 is 0 Å². The summed E-state index contributed by atoms with van der Waals surface area (Å²) in [7, 11) is 0. The Kier molecular flexibility index (Phi) is 14.8. The van der Waals surface area contributed by atoms with Crippen molar-refractivity contribution < 1.29 is 4.79 Å². The number of hydrogen-bond donors (Lipinski definition) is 1. The summed E-state index contributed by atoms with van der Waals surface area (Å²) in [5.74, 6) is 1.09. The smallest absolute Gasteiger partial charge is 0.227 e. The Morgan fingerprint density at radius 1 is 1.18 bits per heavy atom. The maximum Gasteiger partial charge on any atom is 0.227 e. The third-order valence-electron chi connectivity index (χ3n) is 4.12. The van der Waals surface area contributed by atoms with Crippen molar-refractivity contribution in [2.45, 2.75) is 40.5 Å². The van der Waals surface area contributed by atoms with Crippen LogP contribution in [0.25, 0.3) is 0 Å². The molecule has 1 aliphatic heterocycles. The number of likely N-dealkylation sites (N-methyl/N-ethyl adjacent to an activating group) is 1. The van der Waals surface area contributed by atoms with Crippen molar-refractivity contribution in [2.75, 3.05) is 45.8 Å². The molecular formula is C16H35Cl2N3O. The molecule has 1 heterocycles. The number of nitrogens with one attached hydrogen (secondary N) is 1. The van der Waals surface area contributed by atoms with Gasteiger partial charge in [0.25, 0.3) is 0 Å². The number of carbonyl (C=O) groups is 1. The van der Waals surface area contributed by atoms with Gasteiger partial charge in [0.2, 0.25) is 5.91 Å². The Morgan fingerprint density at radius 2 is 1.82 bits per heavy atom. The van der Waals surface area contributed by atoms with Gasteiger partial charge in [-0.15, -0.1) is 24.8 Å². The molecule has 0 aromatic heterocycles. The minimum absolute atomic E-state index is 0. The van der Waals surface area contributed by atoms with Crippen LogP contribution in [-0.2, 0) is 4.79 Å². The largest absolute Gasteiger partial charge is 0.341 e. The third-order valence-corrected chi connectivity index (χ3v) is 4.12. The normalized spacial score (nSPS) is 17.8. The van der Waals surface area contributed by atoms with Crippen molar-refractivity contribution >= 4 is 30.7 Å². The van der Waals surface area contributed by atoms with Gasteiger partial charge in [-0.2, -0.15) is 0 Å². The molecule has 134 valence electrons. The van der Waals surface area contributed by atoms with E-state index in [1.165, 1.54) is 0 Å². The van der Waals surface area contributed by atoms with Crippen LogP contribution < -0.4 is 5.32 Å². The molecule has 1 fully saturated rings. The summed E-state index contributed by atoms with van der Waals surface area (Å²) in [6, 6.07) is 0. The second-order valence-electron chi connectivity index (χ2n) is 6.25. The molecule has 0 aromatic carbocycles. The SMILES string of the molecule is CCN(CC)CCN(CC(C)C)C(=O)C1CCCNC1.Cl.Cl. The van der Waals surface area contributed by atoms with E-state index < -0.39 is 0 Å². The van der Waals surface area contributed by atoms with Crippen molar-refractivity contribution in [1.82, 2.24) is 15.1 Å². The quantitative estimate of drug-likeness (QED) is 0.726. The highest BCUT2D eigenvalue weighted by molar-refractivity contribution is 5.85. The lowest BCUT2D eigenvalue weighted by molar-refractivity contribution is -0.136. The van der Waals surface area contributed by atoms with Gasteiger partial charge >= 0.3 is 0 Å². The van der Waals surface area contributed by atoms with Crippen LogP contribution in [0, 0.1) is 11.8 Å². The Bertz CT molecular complexity index is 281. The van der Waals surface area contributed by atoms with E-state index in [2.05, 4.69) is 42.8 Å². The number of nitrogens with zero attached hydrogens (tertiary/aromatic N) is 2. The Labute approximate surface area is 149 Å². The molecule has 1 amide bonds. The minimum Gasteiger partial charge on any atom is -0.341 e. The fourth-order valence-corrected chi connectivity index (χ4v) is 2.85. The topological polar surface area (TPSA) is 35.6 Å². The van der Waals surface area contributed by atoms with Gasteiger partial charge in [-0.05, 0) is 38.4 Å². The first-order valence-corrected chi connectivity index (χ1v) is 8.30. The minimum atomic E-state index is 0. The first-order valence-electron chi connectivity index (χ1n) is 8.30. The lowest BCUT2D eigenvalue weighted by Crippen LogP contribution is -2.46. The number of amides is 1. The second-order valence-corrected chi connectivity index (χ2v) is 6.25. The zero-order valence-electron chi connectivity index (χ0n) is 14.6. The van der Waals surface area contributed by atoms with Crippen LogP contribution in [0.4, 0.5) is 0 Å². The van der Waals surface area contributed by atoms with Crippen LogP contribution in [0.5, 0.6) is 0 Å². The molecule has 4 nitrogen and oxygen atoms in total. The predicted molar refractivity (Wildman–Crippen MR) is 99.3 cm³/mol. The third kappa shape index (κ3) is 8.56. The van der Waals surface area contributed by atoms with Gasteiger partial charge in [-0.25, -0.2) is 0 Å². The maximum atomic E-state index is 12.7. The van der Waals surface area contributed by atoms with Gasteiger partial charge in [0.1, 0.15) is 0 Å². The van der Waals surface area contributed by atoms with Crippen molar-refractivity contribution in [2.24, 2.45) is 11.8 Å². The highest BCUT2D eigenvalue weighted by atomic mass is 35.5. The zero-order valence-corrected chi connectivity index (χ0v) is 16.3. The van der Waals surface area contributed by atoms with Gasteiger partial charge in [0.05, 0.1) is 5.92 Å². The molecule has 0 bridgehead atoms. The Hall–Kier alpha value is -0.0300. The first kappa shape index (κ1) is 24.2. The van der Waals surface area contributed by atoms with E-state index in [1.807, 2.05) is 0 Å². The van der Waals surface area contributed by atoms with Gasteiger partial charge in [-0.3, -0.25) is 4.79 Å². The first-order chi connectivity index (χ1) is 9.58. The van der Waals surface area contributed by atoms with Crippen molar-refractivity contribution in [3.05, 3.63) is 0 Å². The molecule has 1 aliphatic rings. The maximum absolute atomic E-state index is 12.7. The van der Waals surface area contributed by atoms with E-state index in [0.717, 1.165) is 58.7 Å². The summed E-state index contributed by atoms with van der Waals surface area (Å²) in [6.45, 7) is 15.5. The van der Waals surface area contributed by atoms with Crippen LogP contribution in [-0.4, -0.2) is 61.5 Å². The standard InChI is InChI=1S/C16H33N3O.2ClH/c1-5-18(6-2)10-11-19(13-14(3)4)16(20)15-8-7-9-17-12-15;;/h14-15,17H,5-13H2,1-4H3;2*1H. The van der Waals surface area contributed by atoms with Crippen LogP contribution in [0.15, 0.2) is 0 Å². The molecule has 1 saturated heterocycles. The number of halogens is 2. The average molecular weight is 356 g/mol. The molecule has 22 heavy (non-hydrogen) atoms. The summed E-state index contributed by atoms with van der Waals surface area (Å²) in [4.78, 5) is 17.2. The summed E-state index contributed by atoms with van der Waals surface area (Å²) < 4.78 is 0. The van der Waals surface area contributed by atoms with E-state index in [9.17, 15) is 4.79 Å². The Balaban J connectivity index is 0. The molecule has 1 N–H and O–H groups in total. The lowest BCUT2D eigenvalue weighted by Gasteiger charge is -2.32. The average Bonchev–Trinajstić information content (AvgIpc) is 2.46. The van der Waals surface area contributed by atoms with Crippen LogP contribution in [0.3, 0.4) is 0 Å². The summed E-state index contributed by atoms with van der Waals surface area (Å²) in [5.41, 5.74) is 0. The molecule has 0 aromatic rings. The van der Waals surface area contributed by atoms with Crippen LogP contribution in [0.2, 0.25) is 0 Å². The highest BCUT2D eigenvalue weighted by Crippen LogP contribution is 2.14. The predicted octanol–water partition coefficient (Wildman–Crippen LogP) is 2.66. The fourth-order valence-electron chi connectivity index (χ4n) is 2.85. The van der Waals surface area contributed by atoms with E-state index in [1.54, 1.807) is 0 Å². The molecule has 1 rings (SSSR count). The fraction of sp³-hybridized carbons (Fsp3) is 0.938. The van der Waals surface area contributed by atoms with Gasteiger partial charge < -0.3 is 15.1 Å². The van der Waals surface area contributed by atoms with Crippen LogP contribution in [0.1, 0.15) is 40.5 Å². The van der Waals surface area contributed by atoms with Crippen LogP contribution >= 0.6 is 24.8 Å². The second kappa shape index (κ2) is 13.4. The molecule has 0 aliphatic carbocycles. The van der Waals surface area contributed by atoms with Gasteiger partial charge in [0, 0.05) is 26.2 Å². The molecule has 6 heteroatoms. The summed E-state index contributed by atoms with van der Waals surface area (Å²) >= 11 is 0. The van der Waals surface area contributed by atoms with E-state index in [0.29, 0.717) is 11.8 Å². The van der Waals surface area contributed by atoms with Crippen molar-refractivity contribution in [3.8, 4) is 0 Å². The van der Waals surface area contributed by atoms with E-state index in [-0.39, 0.29) is 30.7 Å².